The van der Waals surface area contributed by atoms with Gasteiger partial charge in [0.1, 0.15) is 0 Å². The van der Waals surface area contributed by atoms with Gasteiger partial charge >= 0.3 is 0 Å². The normalized spacial score (nSPS) is 18.1. The van der Waals surface area contributed by atoms with Crippen LogP contribution >= 0.6 is 0 Å². The van der Waals surface area contributed by atoms with Crippen molar-refractivity contribution >= 4 is 10.0 Å². The van der Waals surface area contributed by atoms with Crippen molar-refractivity contribution in [3.63, 3.8) is 0 Å². The van der Waals surface area contributed by atoms with Crippen molar-refractivity contribution in [2.75, 3.05) is 32.7 Å². The smallest absolute Gasteiger partial charge is 0.244 e. The average Bonchev–Trinajstić information content (AvgIpc) is 2.84. The summed E-state index contributed by atoms with van der Waals surface area (Å²) in [6.45, 7) is 7.77. The van der Waals surface area contributed by atoms with Gasteiger partial charge in [0.2, 0.25) is 10.0 Å². The Morgan fingerprint density at radius 2 is 1.90 bits per heavy atom. The van der Waals surface area contributed by atoms with E-state index in [4.69, 9.17) is 0 Å². The van der Waals surface area contributed by atoms with Crippen LogP contribution in [0.15, 0.2) is 35.0 Å². The molecule has 1 aromatic heterocycles. The zero-order valence-corrected chi connectivity index (χ0v) is 13.2. The first-order chi connectivity index (χ1) is 9.39. The third kappa shape index (κ3) is 3.50. The Kier molecular flexibility index (Phi) is 4.67. The summed E-state index contributed by atoms with van der Waals surface area (Å²) in [6, 6.07) is 1.66. The van der Waals surface area contributed by atoms with Crippen LogP contribution in [0.5, 0.6) is 0 Å². The number of allylic oxidation sites excluding steroid dienone is 1. The predicted octanol–water partition coefficient (Wildman–Crippen LogP) is 1.30. The van der Waals surface area contributed by atoms with Crippen LogP contribution in [-0.2, 0) is 17.1 Å². The van der Waals surface area contributed by atoms with Gasteiger partial charge in [0, 0.05) is 52.2 Å². The Bertz CT molecular complexity index is 577. The largest absolute Gasteiger partial charge is 0.356 e. The Labute approximate surface area is 121 Å². The molecule has 2 rings (SSSR count). The number of rotatable bonds is 4. The van der Waals surface area contributed by atoms with E-state index in [9.17, 15) is 8.42 Å². The fraction of sp³-hybridized carbons (Fsp3) is 0.571. The molecule has 1 aromatic rings. The standard InChI is InChI=1S/C14H23N3O2S/c1-13(2)4-7-16-8-10-17(11-9-16)20(18,19)14-5-6-15(3)12-14/h4-6,12H,7-11H2,1-3H3. The highest BCUT2D eigenvalue weighted by molar-refractivity contribution is 7.89. The number of piperazine rings is 1. The summed E-state index contributed by atoms with van der Waals surface area (Å²) in [6.07, 6.45) is 5.60. The highest BCUT2D eigenvalue weighted by Crippen LogP contribution is 2.17. The summed E-state index contributed by atoms with van der Waals surface area (Å²) in [5, 5.41) is 0. The maximum absolute atomic E-state index is 12.5. The van der Waals surface area contributed by atoms with Crippen LogP contribution in [0.2, 0.25) is 0 Å². The summed E-state index contributed by atoms with van der Waals surface area (Å²) in [5.74, 6) is 0. The molecule has 0 aliphatic carbocycles. The molecule has 1 aliphatic rings. The number of aromatic nitrogens is 1. The third-order valence-electron chi connectivity index (χ3n) is 3.53. The average molecular weight is 297 g/mol. The molecule has 20 heavy (non-hydrogen) atoms. The summed E-state index contributed by atoms with van der Waals surface area (Å²) in [7, 11) is -1.50. The van der Waals surface area contributed by atoms with Crippen LogP contribution < -0.4 is 0 Å². The molecule has 1 fully saturated rings. The van der Waals surface area contributed by atoms with Crippen molar-refractivity contribution in [1.29, 1.82) is 0 Å². The molecular weight excluding hydrogens is 274 g/mol. The van der Waals surface area contributed by atoms with E-state index in [0.717, 1.165) is 19.6 Å². The highest BCUT2D eigenvalue weighted by Gasteiger charge is 2.28. The van der Waals surface area contributed by atoms with Gasteiger partial charge in [-0.05, 0) is 19.9 Å². The number of hydrogen-bond acceptors (Lipinski definition) is 3. The quantitative estimate of drug-likeness (QED) is 0.787. The third-order valence-corrected chi connectivity index (χ3v) is 5.41. The SMILES string of the molecule is CC(C)=CCN1CCN(S(=O)(=O)c2ccn(C)c2)CC1. The molecule has 0 amide bonds. The van der Waals surface area contributed by atoms with Crippen LogP contribution in [0.3, 0.4) is 0 Å². The molecular formula is C14H23N3O2S. The van der Waals surface area contributed by atoms with Crippen LogP contribution in [0.25, 0.3) is 0 Å². The first-order valence-corrected chi connectivity index (χ1v) is 8.31. The maximum Gasteiger partial charge on any atom is 0.244 e. The second-order valence-electron chi connectivity index (χ2n) is 5.50. The van der Waals surface area contributed by atoms with Crippen molar-refractivity contribution in [2.24, 2.45) is 7.05 Å². The van der Waals surface area contributed by atoms with Gasteiger partial charge in [-0.3, -0.25) is 4.90 Å². The predicted molar refractivity (Wildman–Crippen MR) is 80.0 cm³/mol. The number of aryl methyl sites for hydroxylation is 1. The molecule has 0 atom stereocenters. The highest BCUT2D eigenvalue weighted by atomic mass is 32.2. The molecule has 0 aromatic carbocycles. The minimum Gasteiger partial charge on any atom is -0.356 e. The fourth-order valence-corrected chi connectivity index (χ4v) is 3.72. The lowest BCUT2D eigenvalue weighted by Crippen LogP contribution is -2.48. The lowest BCUT2D eigenvalue weighted by Gasteiger charge is -2.33. The van der Waals surface area contributed by atoms with Gasteiger partial charge in [0.15, 0.2) is 0 Å². The molecule has 0 spiro atoms. The molecule has 0 N–H and O–H groups in total. The molecule has 112 valence electrons. The summed E-state index contributed by atoms with van der Waals surface area (Å²) < 4.78 is 28.3. The number of sulfonamides is 1. The minimum absolute atomic E-state index is 0.387. The van der Waals surface area contributed by atoms with Crippen molar-refractivity contribution in [1.82, 2.24) is 13.8 Å². The van der Waals surface area contributed by atoms with Gasteiger partial charge in [-0.2, -0.15) is 4.31 Å². The summed E-state index contributed by atoms with van der Waals surface area (Å²) in [5.41, 5.74) is 1.30. The molecule has 6 heteroatoms. The van der Waals surface area contributed by atoms with Gasteiger partial charge in [0.05, 0.1) is 4.90 Å². The van der Waals surface area contributed by atoms with Gasteiger partial charge in [-0.25, -0.2) is 8.42 Å². The van der Waals surface area contributed by atoms with E-state index >= 15 is 0 Å². The van der Waals surface area contributed by atoms with E-state index in [1.807, 2.05) is 7.05 Å². The number of nitrogens with zero attached hydrogens (tertiary/aromatic N) is 3. The zero-order valence-electron chi connectivity index (χ0n) is 12.4. The maximum atomic E-state index is 12.5. The molecule has 0 bridgehead atoms. The molecule has 5 nitrogen and oxygen atoms in total. The monoisotopic (exact) mass is 297 g/mol. The van der Waals surface area contributed by atoms with E-state index in [-0.39, 0.29) is 0 Å². The first kappa shape index (κ1) is 15.3. The lowest BCUT2D eigenvalue weighted by molar-refractivity contribution is 0.204. The molecule has 1 aliphatic heterocycles. The summed E-state index contributed by atoms with van der Waals surface area (Å²) in [4.78, 5) is 2.67. The van der Waals surface area contributed by atoms with Crippen molar-refractivity contribution in [3.05, 3.63) is 30.1 Å². The minimum atomic E-state index is -3.33. The Morgan fingerprint density at radius 1 is 1.25 bits per heavy atom. The van der Waals surface area contributed by atoms with E-state index in [1.165, 1.54) is 5.57 Å². The number of hydrogen-bond donors (Lipinski definition) is 0. The Balaban J connectivity index is 1.98. The summed E-state index contributed by atoms with van der Waals surface area (Å²) >= 11 is 0. The van der Waals surface area contributed by atoms with Crippen LogP contribution in [0, 0.1) is 0 Å². The van der Waals surface area contributed by atoms with E-state index < -0.39 is 10.0 Å². The molecule has 0 saturated carbocycles. The van der Waals surface area contributed by atoms with Crippen LogP contribution in [-0.4, -0.2) is 54.9 Å². The van der Waals surface area contributed by atoms with E-state index in [1.54, 1.807) is 27.3 Å². The van der Waals surface area contributed by atoms with E-state index in [0.29, 0.717) is 18.0 Å². The fourth-order valence-electron chi connectivity index (χ4n) is 2.24. The second kappa shape index (κ2) is 6.11. The van der Waals surface area contributed by atoms with Crippen molar-refractivity contribution in [3.8, 4) is 0 Å². The van der Waals surface area contributed by atoms with Gasteiger partial charge < -0.3 is 4.57 Å². The van der Waals surface area contributed by atoms with Gasteiger partial charge in [-0.1, -0.05) is 11.6 Å². The zero-order chi connectivity index (χ0) is 14.8. The first-order valence-electron chi connectivity index (χ1n) is 6.87. The van der Waals surface area contributed by atoms with Crippen molar-refractivity contribution < 1.29 is 8.42 Å². The molecule has 2 heterocycles. The molecule has 0 unspecified atom stereocenters. The van der Waals surface area contributed by atoms with Crippen LogP contribution in [0.1, 0.15) is 13.8 Å². The Morgan fingerprint density at radius 3 is 2.40 bits per heavy atom. The van der Waals surface area contributed by atoms with Crippen LogP contribution in [0.4, 0.5) is 0 Å². The van der Waals surface area contributed by atoms with Gasteiger partial charge in [0.25, 0.3) is 0 Å². The Hall–Kier alpha value is -1.11. The van der Waals surface area contributed by atoms with Crippen molar-refractivity contribution in [2.45, 2.75) is 18.7 Å². The molecule has 1 saturated heterocycles. The van der Waals surface area contributed by atoms with Gasteiger partial charge in [-0.15, -0.1) is 0 Å². The lowest BCUT2D eigenvalue weighted by atomic mass is 10.3. The topological polar surface area (TPSA) is 45.6 Å². The second-order valence-corrected chi connectivity index (χ2v) is 7.44. The molecule has 0 radical (unpaired) electrons. The van der Waals surface area contributed by atoms with E-state index in [2.05, 4.69) is 24.8 Å².